The molecule has 3 rings (SSSR count). The number of nitrogens with zero attached hydrogens (tertiary/aromatic N) is 1. The zero-order chi connectivity index (χ0) is 17.3. The van der Waals surface area contributed by atoms with Crippen LogP contribution in [0.4, 0.5) is 4.39 Å². The van der Waals surface area contributed by atoms with Gasteiger partial charge in [-0.15, -0.1) is 0 Å². The number of hydrogen-bond acceptors (Lipinski definition) is 4. The molecule has 1 atom stereocenters. The van der Waals surface area contributed by atoms with Crippen LogP contribution in [-0.2, 0) is 16.4 Å². The number of benzene rings is 1. The van der Waals surface area contributed by atoms with Crippen molar-refractivity contribution >= 4 is 27.3 Å². The molecule has 0 unspecified atom stereocenters. The zero-order valence-electron chi connectivity index (χ0n) is 12.6. The van der Waals surface area contributed by atoms with Crippen LogP contribution in [-0.4, -0.2) is 36.8 Å². The van der Waals surface area contributed by atoms with Crippen molar-refractivity contribution in [2.24, 2.45) is 0 Å². The fourth-order valence-corrected chi connectivity index (χ4v) is 4.74. The van der Waals surface area contributed by atoms with E-state index in [0.29, 0.717) is 6.42 Å². The maximum atomic E-state index is 14.1. The van der Waals surface area contributed by atoms with Crippen molar-refractivity contribution in [2.45, 2.75) is 19.0 Å². The van der Waals surface area contributed by atoms with E-state index in [0.717, 1.165) is 0 Å². The van der Waals surface area contributed by atoms with Crippen LogP contribution in [0.3, 0.4) is 0 Å². The number of hydrogen-bond donors (Lipinski definition) is 0. The monoisotopic (exact) mass is 371 g/mol. The molecule has 2 aromatic rings. The molecule has 1 aliphatic heterocycles. The molecule has 0 saturated carbocycles. The van der Waals surface area contributed by atoms with Gasteiger partial charge in [-0.3, -0.25) is 4.79 Å². The number of amides is 1. The second-order valence-electron chi connectivity index (χ2n) is 5.67. The molecule has 8 heteroatoms. The molecule has 1 fully saturated rings. The number of carbonyl (C=O) groups excluding carboxylic acids is 1. The summed E-state index contributed by atoms with van der Waals surface area (Å²) in [6, 6.07) is 6.76. The average Bonchev–Trinajstić information content (AvgIpc) is 3.16. The van der Waals surface area contributed by atoms with Gasteiger partial charge in [0.05, 0.1) is 24.3 Å². The molecule has 0 aliphatic carbocycles. The Morgan fingerprint density at radius 1 is 1.33 bits per heavy atom. The summed E-state index contributed by atoms with van der Waals surface area (Å²) in [5.74, 6) is -1.09. The van der Waals surface area contributed by atoms with Crippen molar-refractivity contribution < 1.29 is 22.0 Å². The van der Waals surface area contributed by atoms with E-state index in [1.165, 1.54) is 35.4 Å². The molecule has 24 heavy (non-hydrogen) atoms. The first-order chi connectivity index (χ1) is 11.4. The second-order valence-corrected chi connectivity index (χ2v) is 8.30. The highest BCUT2D eigenvalue weighted by Gasteiger charge is 2.36. The quantitative estimate of drug-likeness (QED) is 0.828. The molecule has 1 aromatic heterocycles. The van der Waals surface area contributed by atoms with Gasteiger partial charge in [0.1, 0.15) is 5.82 Å². The first-order valence-electron chi connectivity index (χ1n) is 7.35. The van der Waals surface area contributed by atoms with Crippen molar-refractivity contribution in [3.05, 3.63) is 58.8 Å². The first kappa shape index (κ1) is 17.0. The molecule has 0 bridgehead atoms. The lowest BCUT2D eigenvalue weighted by atomic mass is 10.1. The highest BCUT2D eigenvalue weighted by molar-refractivity contribution is 7.91. The van der Waals surface area contributed by atoms with Crippen molar-refractivity contribution in [3.8, 4) is 0 Å². The Morgan fingerprint density at radius 2 is 2.12 bits per heavy atom. The van der Waals surface area contributed by atoms with Crippen LogP contribution >= 0.6 is 11.6 Å². The molecule has 0 spiro atoms. The summed E-state index contributed by atoms with van der Waals surface area (Å²) in [5, 5.41) is 0.188. The van der Waals surface area contributed by atoms with Gasteiger partial charge >= 0.3 is 0 Å². The highest BCUT2D eigenvalue weighted by Crippen LogP contribution is 2.26. The number of rotatable bonds is 4. The highest BCUT2D eigenvalue weighted by atomic mass is 35.5. The molecule has 5 nitrogen and oxygen atoms in total. The smallest absolute Gasteiger partial charge is 0.290 e. The summed E-state index contributed by atoms with van der Waals surface area (Å²) in [6.45, 7) is -0.120. The van der Waals surface area contributed by atoms with E-state index in [1.54, 1.807) is 6.07 Å². The lowest BCUT2D eigenvalue weighted by molar-refractivity contribution is 0.0646. The third-order valence-electron chi connectivity index (χ3n) is 4.03. The van der Waals surface area contributed by atoms with Crippen molar-refractivity contribution in [1.82, 2.24) is 4.90 Å². The average molecular weight is 372 g/mol. The van der Waals surface area contributed by atoms with Crippen molar-refractivity contribution in [3.63, 3.8) is 0 Å². The Bertz CT molecular complexity index is 831. The summed E-state index contributed by atoms with van der Waals surface area (Å²) in [5.41, 5.74) is 0.156. The molecule has 1 aromatic carbocycles. The molecule has 1 aliphatic rings. The van der Waals surface area contributed by atoms with Gasteiger partial charge in [-0.2, -0.15) is 0 Å². The van der Waals surface area contributed by atoms with Crippen LogP contribution in [0.15, 0.2) is 41.0 Å². The van der Waals surface area contributed by atoms with E-state index in [1.807, 2.05) is 0 Å². The molecular weight excluding hydrogens is 357 g/mol. The van der Waals surface area contributed by atoms with Gasteiger partial charge in [0.2, 0.25) is 0 Å². The van der Waals surface area contributed by atoms with E-state index in [-0.39, 0.29) is 34.4 Å². The second kappa shape index (κ2) is 6.57. The van der Waals surface area contributed by atoms with Gasteiger partial charge in [-0.05, 0) is 30.7 Å². The predicted octanol–water partition coefficient (Wildman–Crippen LogP) is 2.90. The van der Waals surface area contributed by atoms with Crippen molar-refractivity contribution in [2.75, 3.05) is 11.5 Å². The summed E-state index contributed by atoms with van der Waals surface area (Å²) >= 11 is 6.05. The zero-order valence-corrected chi connectivity index (χ0v) is 14.2. The Balaban J connectivity index is 1.95. The Hall–Kier alpha value is -1.86. The minimum atomic E-state index is -3.21. The first-order valence-corrected chi connectivity index (χ1v) is 9.55. The van der Waals surface area contributed by atoms with Gasteiger partial charge in [0, 0.05) is 16.6 Å². The minimum absolute atomic E-state index is 0.00457. The molecule has 128 valence electrons. The Kier molecular flexibility index (Phi) is 4.64. The largest absolute Gasteiger partial charge is 0.459 e. The van der Waals surface area contributed by atoms with Gasteiger partial charge in [-0.1, -0.05) is 17.7 Å². The predicted molar refractivity (Wildman–Crippen MR) is 87.1 cm³/mol. The summed E-state index contributed by atoms with van der Waals surface area (Å²) in [4.78, 5) is 14.0. The van der Waals surface area contributed by atoms with Gasteiger partial charge in [0.25, 0.3) is 5.91 Å². The number of carbonyl (C=O) groups is 1. The molecule has 1 amide bonds. The van der Waals surface area contributed by atoms with E-state index in [2.05, 4.69) is 0 Å². The third-order valence-corrected chi connectivity index (χ3v) is 6.14. The SMILES string of the molecule is O=C(c1ccco1)N(Cc1c(F)cccc1Cl)[C@H]1CCS(=O)(=O)C1. The lowest BCUT2D eigenvalue weighted by Crippen LogP contribution is -2.40. The van der Waals surface area contributed by atoms with Crippen LogP contribution in [0.25, 0.3) is 0 Å². The van der Waals surface area contributed by atoms with Gasteiger partial charge in [0.15, 0.2) is 15.6 Å². The molecular formula is C16H15ClFNO4S. The minimum Gasteiger partial charge on any atom is -0.459 e. The van der Waals surface area contributed by atoms with E-state index < -0.39 is 27.6 Å². The fourth-order valence-electron chi connectivity index (χ4n) is 2.78. The van der Waals surface area contributed by atoms with E-state index in [9.17, 15) is 17.6 Å². The number of furan rings is 1. The third kappa shape index (κ3) is 3.47. The summed E-state index contributed by atoms with van der Waals surface area (Å²) in [7, 11) is -3.21. The molecule has 2 heterocycles. The summed E-state index contributed by atoms with van der Waals surface area (Å²) < 4.78 is 42.8. The van der Waals surface area contributed by atoms with Crippen LogP contribution in [0.1, 0.15) is 22.5 Å². The van der Waals surface area contributed by atoms with Crippen LogP contribution in [0, 0.1) is 5.82 Å². The topological polar surface area (TPSA) is 67.6 Å². The molecule has 1 saturated heterocycles. The Labute approximate surface area is 143 Å². The normalized spacial score (nSPS) is 19.3. The van der Waals surface area contributed by atoms with Crippen LogP contribution in [0.2, 0.25) is 5.02 Å². The van der Waals surface area contributed by atoms with E-state index in [4.69, 9.17) is 16.0 Å². The molecule has 0 radical (unpaired) electrons. The Morgan fingerprint density at radius 3 is 2.71 bits per heavy atom. The summed E-state index contributed by atoms with van der Waals surface area (Å²) in [6.07, 6.45) is 1.66. The number of sulfone groups is 1. The van der Waals surface area contributed by atoms with Crippen LogP contribution < -0.4 is 0 Å². The maximum absolute atomic E-state index is 14.1. The lowest BCUT2D eigenvalue weighted by Gasteiger charge is -2.28. The van der Waals surface area contributed by atoms with Gasteiger partial charge < -0.3 is 9.32 Å². The standard InChI is InChI=1S/C16H15ClFNO4S/c17-13-3-1-4-14(18)12(13)9-19(11-6-8-24(21,22)10-11)16(20)15-5-2-7-23-15/h1-5,7,11H,6,8-10H2/t11-/m0/s1. The number of halogens is 2. The molecule has 0 N–H and O–H groups in total. The van der Waals surface area contributed by atoms with E-state index >= 15 is 0 Å². The maximum Gasteiger partial charge on any atom is 0.290 e. The van der Waals surface area contributed by atoms with Gasteiger partial charge in [-0.25, -0.2) is 12.8 Å². The fraction of sp³-hybridized carbons (Fsp3) is 0.312. The van der Waals surface area contributed by atoms with Crippen LogP contribution in [0.5, 0.6) is 0 Å². The van der Waals surface area contributed by atoms with Crippen molar-refractivity contribution in [1.29, 1.82) is 0 Å².